The van der Waals surface area contributed by atoms with E-state index in [9.17, 15) is 4.79 Å². The molecule has 2 aromatic heterocycles. The van der Waals surface area contributed by atoms with E-state index in [1.54, 1.807) is 19.6 Å². The number of amides is 1. The number of aromatic nitrogens is 4. The molecule has 0 radical (unpaired) electrons. The van der Waals surface area contributed by atoms with Gasteiger partial charge in [0.15, 0.2) is 0 Å². The average Bonchev–Trinajstić information content (AvgIpc) is 3.50. The molecule has 0 bridgehead atoms. The van der Waals surface area contributed by atoms with Gasteiger partial charge >= 0.3 is 0 Å². The first kappa shape index (κ1) is 22.3. The molecule has 2 atom stereocenters. The largest absolute Gasteiger partial charge is 0.361 e. The second-order valence-corrected chi connectivity index (χ2v) is 9.43. The van der Waals surface area contributed by atoms with Gasteiger partial charge in [-0.05, 0) is 93.1 Å². The predicted octanol–water partition coefficient (Wildman–Crippen LogP) is 4.91. The van der Waals surface area contributed by atoms with Gasteiger partial charge in [-0.2, -0.15) is 0 Å². The molecular formula is C27H32N6O. The van der Waals surface area contributed by atoms with Crippen LogP contribution in [0.25, 0.3) is 16.6 Å². The van der Waals surface area contributed by atoms with Crippen molar-refractivity contribution in [3.05, 3.63) is 72.4 Å². The Morgan fingerprint density at radius 1 is 1.15 bits per heavy atom. The van der Waals surface area contributed by atoms with Crippen LogP contribution in [0.3, 0.4) is 0 Å². The summed E-state index contributed by atoms with van der Waals surface area (Å²) in [6.07, 6.45) is 10.2. The zero-order valence-corrected chi connectivity index (χ0v) is 19.9. The van der Waals surface area contributed by atoms with Crippen molar-refractivity contribution in [1.82, 2.24) is 24.6 Å². The first-order valence-corrected chi connectivity index (χ1v) is 12.1. The number of benzene rings is 2. The topological polar surface area (TPSA) is 78.8 Å². The van der Waals surface area contributed by atoms with Crippen molar-refractivity contribution in [3.8, 4) is 5.69 Å². The number of rotatable bonds is 7. The Kier molecular flexibility index (Phi) is 6.45. The summed E-state index contributed by atoms with van der Waals surface area (Å²) in [5.74, 6) is 0.556. The van der Waals surface area contributed by atoms with Gasteiger partial charge in [0, 0.05) is 41.4 Å². The van der Waals surface area contributed by atoms with Gasteiger partial charge in [-0.1, -0.05) is 12.1 Å². The van der Waals surface area contributed by atoms with Crippen LogP contribution in [0.15, 0.2) is 61.3 Å². The minimum absolute atomic E-state index is 0.0294. The zero-order valence-electron chi connectivity index (χ0n) is 19.9. The summed E-state index contributed by atoms with van der Waals surface area (Å²) in [4.78, 5) is 17.3. The van der Waals surface area contributed by atoms with Crippen molar-refractivity contribution in [2.24, 2.45) is 0 Å². The standard InChI is InChI=1S/C27H32N6O/c1-19-14-22(21-5-7-24(8-6-21)31-20(2)34)11-13-32(19)12-3-4-23-16-28-27-10-9-25(15-26(23)27)33-17-29-30-18-33/h5-10,15-19,22,28H,3-4,11-14H2,1-2H3,(H,31,34). The molecule has 5 rings (SSSR count). The molecule has 2 N–H and O–H groups in total. The summed E-state index contributed by atoms with van der Waals surface area (Å²) >= 11 is 0. The first-order valence-electron chi connectivity index (χ1n) is 12.1. The highest BCUT2D eigenvalue weighted by Gasteiger charge is 2.26. The van der Waals surface area contributed by atoms with Gasteiger partial charge in [-0.3, -0.25) is 9.36 Å². The Morgan fingerprint density at radius 2 is 1.94 bits per heavy atom. The van der Waals surface area contributed by atoms with Gasteiger partial charge in [0.05, 0.1) is 0 Å². The molecule has 2 unspecified atom stereocenters. The van der Waals surface area contributed by atoms with E-state index in [1.165, 1.54) is 34.9 Å². The number of H-pyrrole nitrogens is 1. The third-order valence-electron chi connectivity index (χ3n) is 7.08. The molecule has 7 nitrogen and oxygen atoms in total. The quantitative estimate of drug-likeness (QED) is 0.414. The minimum atomic E-state index is -0.0294. The fourth-order valence-electron chi connectivity index (χ4n) is 5.24. The summed E-state index contributed by atoms with van der Waals surface area (Å²) in [7, 11) is 0. The molecule has 1 amide bonds. The van der Waals surface area contributed by atoms with Crippen LogP contribution >= 0.6 is 0 Å². The number of aryl methyl sites for hydroxylation is 1. The lowest BCUT2D eigenvalue weighted by Gasteiger charge is -2.38. The van der Waals surface area contributed by atoms with E-state index in [4.69, 9.17) is 0 Å². The second kappa shape index (κ2) is 9.81. The van der Waals surface area contributed by atoms with Gasteiger partial charge in [0.2, 0.25) is 5.91 Å². The second-order valence-electron chi connectivity index (χ2n) is 9.43. The number of nitrogens with zero attached hydrogens (tertiary/aromatic N) is 4. The molecule has 34 heavy (non-hydrogen) atoms. The molecule has 0 aliphatic carbocycles. The summed E-state index contributed by atoms with van der Waals surface area (Å²) in [6.45, 7) is 6.15. The number of anilines is 1. The van der Waals surface area contributed by atoms with E-state index in [-0.39, 0.29) is 5.91 Å². The van der Waals surface area contributed by atoms with Gasteiger partial charge in [-0.25, -0.2) is 0 Å². The van der Waals surface area contributed by atoms with Gasteiger partial charge in [0.1, 0.15) is 12.7 Å². The van der Waals surface area contributed by atoms with Crippen LogP contribution in [0.1, 0.15) is 50.2 Å². The number of carbonyl (C=O) groups is 1. The maximum atomic E-state index is 11.2. The summed E-state index contributed by atoms with van der Waals surface area (Å²) in [5.41, 5.74) is 5.87. The number of hydrogen-bond donors (Lipinski definition) is 2. The van der Waals surface area contributed by atoms with Crippen LogP contribution in [0.5, 0.6) is 0 Å². The van der Waals surface area contributed by atoms with Gasteiger partial charge in [0.25, 0.3) is 0 Å². The molecule has 4 aromatic rings. The molecule has 2 aromatic carbocycles. The molecule has 176 valence electrons. The van der Waals surface area contributed by atoms with E-state index >= 15 is 0 Å². The fraction of sp³-hybridized carbons (Fsp3) is 0.370. The third kappa shape index (κ3) is 4.89. The average molecular weight is 457 g/mol. The van der Waals surface area contributed by atoms with Crippen molar-refractivity contribution in [2.45, 2.75) is 51.5 Å². The van der Waals surface area contributed by atoms with Crippen LogP contribution in [-0.4, -0.2) is 49.7 Å². The van der Waals surface area contributed by atoms with Crippen LogP contribution in [0.2, 0.25) is 0 Å². The van der Waals surface area contributed by atoms with Crippen molar-refractivity contribution in [2.75, 3.05) is 18.4 Å². The SMILES string of the molecule is CC(=O)Nc1ccc(C2CCN(CCCc3c[nH]c4ccc(-n5cnnc5)cc34)C(C)C2)cc1. The molecule has 3 heterocycles. The van der Waals surface area contributed by atoms with E-state index < -0.39 is 0 Å². The van der Waals surface area contributed by atoms with Gasteiger partial charge < -0.3 is 15.2 Å². The summed E-state index contributed by atoms with van der Waals surface area (Å²) < 4.78 is 1.94. The molecule has 0 spiro atoms. The number of piperidine rings is 1. The Bertz CT molecular complexity index is 1240. The lowest BCUT2D eigenvalue weighted by Crippen LogP contribution is -2.40. The maximum absolute atomic E-state index is 11.2. The van der Waals surface area contributed by atoms with Crippen LogP contribution in [-0.2, 0) is 11.2 Å². The molecule has 0 saturated carbocycles. The van der Waals surface area contributed by atoms with E-state index in [1.807, 2.05) is 16.7 Å². The normalized spacial score (nSPS) is 18.9. The minimum Gasteiger partial charge on any atom is -0.361 e. The van der Waals surface area contributed by atoms with Crippen LogP contribution < -0.4 is 5.32 Å². The number of hydrogen-bond acceptors (Lipinski definition) is 4. The number of carbonyl (C=O) groups excluding carboxylic acids is 1. The van der Waals surface area contributed by atoms with Crippen molar-refractivity contribution in [3.63, 3.8) is 0 Å². The van der Waals surface area contributed by atoms with Crippen LogP contribution in [0, 0.1) is 0 Å². The summed E-state index contributed by atoms with van der Waals surface area (Å²) in [6, 6.07) is 15.4. The lowest BCUT2D eigenvalue weighted by atomic mass is 9.85. The number of nitrogens with one attached hydrogen (secondary N) is 2. The lowest BCUT2D eigenvalue weighted by molar-refractivity contribution is -0.114. The third-order valence-corrected chi connectivity index (χ3v) is 7.08. The van der Waals surface area contributed by atoms with E-state index in [0.29, 0.717) is 12.0 Å². The molecular weight excluding hydrogens is 424 g/mol. The highest BCUT2D eigenvalue weighted by Crippen LogP contribution is 2.32. The Hall–Kier alpha value is -3.45. The molecule has 1 aliphatic rings. The summed E-state index contributed by atoms with van der Waals surface area (Å²) in [5, 5.41) is 12.0. The molecule has 1 saturated heterocycles. The Labute approximate surface area is 200 Å². The number of fused-ring (bicyclic) bond motifs is 1. The van der Waals surface area contributed by atoms with E-state index in [0.717, 1.165) is 37.3 Å². The molecule has 1 fully saturated rings. The smallest absolute Gasteiger partial charge is 0.221 e. The van der Waals surface area contributed by atoms with Crippen LogP contribution in [0.4, 0.5) is 5.69 Å². The number of likely N-dealkylation sites (tertiary alicyclic amines) is 1. The highest BCUT2D eigenvalue weighted by atomic mass is 16.1. The number of aromatic amines is 1. The van der Waals surface area contributed by atoms with Crippen molar-refractivity contribution >= 4 is 22.5 Å². The molecule has 7 heteroatoms. The monoisotopic (exact) mass is 456 g/mol. The zero-order chi connectivity index (χ0) is 23.5. The van der Waals surface area contributed by atoms with Gasteiger partial charge in [-0.15, -0.1) is 10.2 Å². The Balaban J connectivity index is 1.16. The van der Waals surface area contributed by atoms with Crippen molar-refractivity contribution < 1.29 is 4.79 Å². The molecule has 1 aliphatic heterocycles. The highest BCUT2D eigenvalue weighted by molar-refractivity contribution is 5.88. The maximum Gasteiger partial charge on any atom is 0.221 e. The predicted molar refractivity (Wildman–Crippen MR) is 135 cm³/mol. The van der Waals surface area contributed by atoms with Crippen molar-refractivity contribution in [1.29, 1.82) is 0 Å². The fourth-order valence-corrected chi connectivity index (χ4v) is 5.24. The Morgan fingerprint density at radius 3 is 2.68 bits per heavy atom. The first-order chi connectivity index (χ1) is 16.6. The van der Waals surface area contributed by atoms with E-state index in [2.05, 4.69) is 68.9 Å².